The molecule has 52 heavy (non-hydrogen) atoms. The van der Waals surface area contributed by atoms with Crippen LogP contribution in [0.1, 0.15) is 90.9 Å². The van der Waals surface area contributed by atoms with Gasteiger partial charge in [0.25, 0.3) is 0 Å². The predicted molar refractivity (Wildman–Crippen MR) is 221 cm³/mol. The summed E-state index contributed by atoms with van der Waals surface area (Å²) in [4.78, 5) is 28.8. The molecule has 0 N–H and O–H groups in total. The zero-order valence-electron chi connectivity index (χ0n) is 31.6. The number of hydrogen-bond acceptors (Lipinski definition) is 11. The van der Waals surface area contributed by atoms with Crippen molar-refractivity contribution in [2.45, 2.75) is 122 Å². The van der Waals surface area contributed by atoms with Gasteiger partial charge >= 0.3 is 11.9 Å². The maximum Gasteiger partial charge on any atom is 0.323 e. The smallest absolute Gasteiger partial charge is 0.323 e. The van der Waals surface area contributed by atoms with Gasteiger partial charge in [0, 0.05) is 13.0 Å². The zero-order valence-corrected chi connectivity index (χ0v) is 36.5. The highest BCUT2D eigenvalue weighted by atomic mass is 79.9. The molecule has 6 aliphatic rings. The van der Waals surface area contributed by atoms with Gasteiger partial charge in [-0.25, -0.2) is 0 Å². The van der Waals surface area contributed by atoms with Gasteiger partial charge in [0.15, 0.2) is 12.1 Å². The first-order valence-electron chi connectivity index (χ1n) is 19.4. The lowest BCUT2D eigenvalue weighted by Gasteiger charge is -2.59. The minimum atomic E-state index is -1.36. The average molecular weight is 860 g/mol. The Morgan fingerprint density at radius 1 is 0.942 bits per heavy atom. The number of ether oxygens (including phenoxy) is 5. The van der Waals surface area contributed by atoms with Crippen molar-refractivity contribution in [3.8, 4) is 0 Å². The molecule has 1 spiro atoms. The quantitative estimate of drug-likeness (QED) is 0.0684. The summed E-state index contributed by atoms with van der Waals surface area (Å²) in [6.45, 7) is 4.18. The summed E-state index contributed by atoms with van der Waals surface area (Å²) >= 11 is 12.1. The van der Waals surface area contributed by atoms with Crippen LogP contribution in [0.25, 0.3) is 0 Å². The second-order valence-electron chi connectivity index (χ2n) is 15.2. The molecule has 4 aliphatic heterocycles. The number of esters is 2. The summed E-state index contributed by atoms with van der Waals surface area (Å²) in [6, 6.07) is 0. The van der Waals surface area contributed by atoms with Gasteiger partial charge in [-0.3, -0.25) is 9.59 Å². The van der Waals surface area contributed by atoms with E-state index in [1.807, 2.05) is 23.5 Å². The Hall–Kier alpha value is -0.0800. The van der Waals surface area contributed by atoms with E-state index in [1.165, 1.54) is 27.1 Å². The third kappa shape index (κ3) is 7.66. The molecule has 1 saturated carbocycles. The molecule has 12 heteroatoms. The molecule has 9 atom stereocenters. The van der Waals surface area contributed by atoms with E-state index in [1.54, 1.807) is 7.11 Å². The van der Waals surface area contributed by atoms with Gasteiger partial charge in [-0.05, 0) is 118 Å². The van der Waals surface area contributed by atoms with Crippen LogP contribution in [0.2, 0.25) is 0 Å². The van der Waals surface area contributed by atoms with Gasteiger partial charge in [0.05, 0.1) is 40.3 Å². The van der Waals surface area contributed by atoms with Gasteiger partial charge in [0.2, 0.25) is 0 Å². The molecule has 5 fully saturated rings. The largest absolute Gasteiger partial charge is 0.469 e. The summed E-state index contributed by atoms with van der Waals surface area (Å²) in [5.41, 5.74) is 0.356. The minimum Gasteiger partial charge on any atom is -0.469 e. The Morgan fingerprint density at radius 2 is 1.65 bits per heavy atom. The van der Waals surface area contributed by atoms with Crippen molar-refractivity contribution in [3.63, 3.8) is 0 Å². The van der Waals surface area contributed by atoms with E-state index in [0.717, 1.165) is 86.4 Å². The predicted octanol–water partition coefficient (Wildman–Crippen LogP) is 9.78. The fourth-order valence-electron chi connectivity index (χ4n) is 10.2. The number of carbonyl (C=O) groups is 2. The third-order valence-electron chi connectivity index (χ3n) is 12.3. The number of thioether (sulfide) groups is 4. The molecule has 5 bridgehead atoms. The highest BCUT2D eigenvalue weighted by Gasteiger charge is 2.79. The van der Waals surface area contributed by atoms with E-state index in [4.69, 9.17) is 23.7 Å². The highest BCUT2D eigenvalue weighted by Crippen LogP contribution is 2.73. The number of allylic oxidation sites excluding steroid dienone is 5. The minimum absolute atomic E-state index is 0.0234. The Morgan fingerprint density at radius 3 is 2.33 bits per heavy atom. The van der Waals surface area contributed by atoms with Crippen molar-refractivity contribution in [1.82, 2.24) is 0 Å². The second kappa shape index (κ2) is 18.0. The molecule has 0 aromatic rings. The van der Waals surface area contributed by atoms with Crippen LogP contribution in [0.5, 0.6) is 0 Å². The van der Waals surface area contributed by atoms with Crippen LogP contribution in [0.4, 0.5) is 0 Å². The molecular weight excluding hydrogens is 801 g/mol. The van der Waals surface area contributed by atoms with Crippen LogP contribution in [-0.2, 0) is 33.3 Å². The van der Waals surface area contributed by atoms with Gasteiger partial charge in [0.1, 0.15) is 4.32 Å². The van der Waals surface area contributed by atoms with E-state index in [0.29, 0.717) is 6.42 Å². The van der Waals surface area contributed by atoms with Crippen LogP contribution in [0.15, 0.2) is 36.0 Å². The summed E-state index contributed by atoms with van der Waals surface area (Å²) in [5, 5.41) is 0. The van der Waals surface area contributed by atoms with Gasteiger partial charge in [-0.1, -0.05) is 59.2 Å². The number of unbranched alkanes of at least 4 members (excludes halogenated alkanes) is 3. The summed E-state index contributed by atoms with van der Waals surface area (Å²) in [5.74, 6) is 1.14. The Bertz CT molecular complexity index is 1350. The molecule has 4 saturated heterocycles. The lowest BCUT2D eigenvalue weighted by molar-refractivity contribution is -0.342. The van der Waals surface area contributed by atoms with Gasteiger partial charge in [-0.2, -0.15) is 0 Å². The number of rotatable bonds is 15. The van der Waals surface area contributed by atoms with Gasteiger partial charge in [-0.15, -0.1) is 47.0 Å². The fraction of sp³-hybridized carbons (Fsp3) is 0.800. The van der Waals surface area contributed by atoms with E-state index < -0.39 is 45.6 Å². The molecule has 7 nitrogen and oxygen atoms in total. The van der Waals surface area contributed by atoms with E-state index in [9.17, 15) is 9.59 Å². The summed E-state index contributed by atoms with van der Waals surface area (Å²) < 4.78 is 31.6. The molecule has 0 aromatic heterocycles. The molecule has 0 unspecified atom stereocenters. The summed E-state index contributed by atoms with van der Waals surface area (Å²) in [6.07, 6.45) is 22.2. The van der Waals surface area contributed by atoms with Crippen LogP contribution in [-0.4, -0.2) is 87.4 Å². The standard InChI is InChI=1S/C40H59BrO7S4/c1-6-8-10-11-12-13-17-27-23-29-37(25-31-49-19-15-20-50-31)26-38(41,35(43)45-4)33(34(42)44-3)32-28(27)24-30(47-40(29,32)48-36(37)46-5)39(18-14-9-7-2)51-21-16-22-52-39/h6-9,23,27-28,30-33,36H,10-22,24-26H2,1-5H3/b8-6+,9-7+/t27-,28+,30+,32+,33-,36+,37+,38+,40+/m0/s1. The topological polar surface area (TPSA) is 80.3 Å². The maximum absolute atomic E-state index is 14.4. The number of carbonyl (C=O) groups excluding carboxylic acids is 2. The van der Waals surface area contributed by atoms with Crippen molar-refractivity contribution in [1.29, 1.82) is 0 Å². The fourth-order valence-corrected chi connectivity index (χ4v) is 17.9. The van der Waals surface area contributed by atoms with E-state index in [-0.39, 0.29) is 26.6 Å². The second-order valence-corrected chi connectivity index (χ2v) is 22.7. The maximum atomic E-state index is 14.4. The monoisotopic (exact) mass is 858 g/mol. The Balaban J connectivity index is 1.54. The van der Waals surface area contributed by atoms with Crippen LogP contribution in [0, 0.1) is 29.1 Å². The first kappa shape index (κ1) is 41.6. The van der Waals surface area contributed by atoms with Crippen molar-refractivity contribution < 1.29 is 33.3 Å². The number of methoxy groups -OCH3 is 3. The molecule has 4 heterocycles. The lowest BCUT2D eigenvalue weighted by atomic mass is 9.58. The van der Waals surface area contributed by atoms with E-state index >= 15 is 0 Å². The number of hydrogen-bond donors (Lipinski definition) is 0. The lowest BCUT2D eigenvalue weighted by Crippen LogP contribution is -2.65. The summed E-state index contributed by atoms with van der Waals surface area (Å²) in [7, 11) is 4.58. The molecule has 2 aliphatic carbocycles. The molecule has 6 rings (SSSR count). The molecule has 0 aromatic carbocycles. The van der Waals surface area contributed by atoms with Crippen molar-refractivity contribution in [2.75, 3.05) is 44.3 Å². The Labute approximate surface area is 337 Å². The SMILES string of the molecule is C/C=C/CCCCC[C@H]1C=C2[C@@]3(CC4SCCCS4)C[C@](Br)(C(=O)OC)[C@H](C(=O)OC)[C@H]4[C@@H]1C[C@H](C1(CC/C=C/C)SCCCS1)O[C@@]24O[C@H]3OC. The Kier molecular flexibility index (Phi) is 14.4. The van der Waals surface area contributed by atoms with Crippen molar-refractivity contribution >= 4 is 74.9 Å². The molecular formula is C40H59BrO7S4. The van der Waals surface area contributed by atoms with Crippen LogP contribution < -0.4 is 0 Å². The number of alkyl halides is 1. The van der Waals surface area contributed by atoms with E-state index in [2.05, 4.69) is 83.7 Å². The van der Waals surface area contributed by atoms with Crippen LogP contribution in [0.3, 0.4) is 0 Å². The normalized spacial score (nSPS) is 38.6. The number of halogens is 1. The third-order valence-corrected chi connectivity index (χ3v) is 20.0. The highest BCUT2D eigenvalue weighted by molar-refractivity contribution is 9.10. The van der Waals surface area contributed by atoms with Crippen molar-refractivity contribution in [3.05, 3.63) is 36.0 Å². The van der Waals surface area contributed by atoms with Gasteiger partial charge < -0.3 is 23.7 Å². The van der Waals surface area contributed by atoms with Crippen LogP contribution >= 0.6 is 63.0 Å². The molecule has 0 amide bonds. The zero-order chi connectivity index (χ0) is 37.0. The van der Waals surface area contributed by atoms with Crippen molar-refractivity contribution in [2.24, 2.45) is 29.1 Å². The average Bonchev–Trinajstić information content (AvgIpc) is 3.37. The first-order valence-corrected chi connectivity index (χ1v) is 24.2. The molecule has 292 valence electrons. The first-order chi connectivity index (χ1) is 25.2. The molecule has 0 radical (unpaired) electrons.